The van der Waals surface area contributed by atoms with Crippen LogP contribution in [0.1, 0.15) is 47.5 Å². The van der Waals surface area contributed by atoms with Crippen LogP contribution in [-0.2, 0) is 23.9 Å². The number of benzene rings is 1. The molecule has 14 heteroatoms. The van der Waals surface area contributed by atoms with E-state index in [0.717, 1.165) is 0 Å². The molecule has 1 heterocycles. The first-order valence-corrected chi connectivity index (χ1v) is 12.0. The van der Waals surface area contributed by atoms with Crippen LogP contribution in [0, 0.1) is 10.1 Å². The fraction of sp³-hybridized carbons (Fsp3) is 0.542. The van der Waals surface area contributed by atoms with E-state index in [4.69, 9.17) is 4.74 Å². The third kappa shape index (κ3) is 9.01. The summed E-state index contributed by atoms with van der Waals surface area (Å²) in [5.74, 6) is -2.18. The van der Waals surface area contributed by atoms with Crippen molar-refractivity contribution >= 4 is 41.1 Å². The number of nitro benzene ring substituents is 1. The maximum absolute atomic E-state index is 13.2. The second-order valence-corrected chi connectivity index (χ2v) is 10.3. The molecule has 0 aliphatic carbocycles. The number of alkyl carbamates (subject to hydrolysis) is 1. The average molecular weight is 535 g/mol. The number of nitrogens with zero attached hydrogens (tertiary/aromatic N) is 2. The Balaban J connectivity index is 1.88. The summed E-state index contributed by atoms with van der Waals surface area (Å²) < 4.78 is 5.07. The summed E-state index contributed by atoms with van der Waals surface area (Å²) in [4.78, 5) is 73.8. The molecule has 0 saturated carbocycles. The first-order chi connectivity index (χ1) is 17.6. The van der Waals surface area contributed by atoms with E-state index in [9.17, 15) is 34.1 Å². The van der Waals surface area contributed by atoms with Crippen LogP contribution < -0.4 is 21.3 Å². The largest absolute Gasteiger partial charge is 0.444 e. The van der Waals surface area contributed by atoms with Gasteiger partial charge in [-0.2, -0.15) is 0 Å². The van der Waals surface area contributed by atoms with Gasteiger partial charge in [-0.05, 0) is 59.6 Å². The number of carbonyl (C=O) groups excluding carboxylic acids is 5. The molecule has 1 aromatic carbocycles. The van der Waals surface area contributed by atoms with Gasteiger partial charge in [0.25, 0.3) is 5.69 Å². The second-order valence-electron chi connectivity index (χ2n) is 10.3. The smallest absolute Gasteiger partial charge is 0.408 e. The van der Waals surface area contributed by atoms with Gasteiger partial charge in [-0.15, -0.1) is 0 Å². The maximum Gasteiger partial charge on any atom is 0.408 e. The number of anilines is 1. The quantitative estimate of drug-likeness (QED) is 0.267. The Morgan fingerprint density at radius 2 is 1.61 bits per heavy atom. The summed E-state index contributed by atoms with van der Waals surface area (Å²) in [5.41, 5.74) is -1.90. The highest BCUT2D eigenvalue weighted by molar-refractivity contribution is 5.98. The summed E-state index contributed by atoms with van der Waals surface area (Å²) in [6.45, 7) is 7.55. The van der Waals surface area contributed by atoms with E-state index < -0.39 is 58.4 Å². The molecule has 1 aromatic rings. The fourth-order valence-electron chi connectivity index (χ4n) is 3.71. The summed E-state index contributed by atoms with van der Waals surface area (Å²) >= 11 is 0. The molecule has 0 spiro atoms. The molecule has 4 N–H and O–H groups in total. The van der Waals surface area contributed by atoms with Gasteiger partial charge in [-0.1, -0.05) is 0 Å². The van der Waals surface area contributed by atoms with Crippen molar-refractivity contribution in [1.29, 1.82) is 0 Å². The number of hydrogen-bond acceptors (Lipinski definition) is 8. The molecular weight excluding hydrogens is 500 g/mol. The van der Waals surface area contributed by atoms with Crippen molar-refractivity contribution in [3.63, 3.8) is 0 Å². The van der Waals surface area contributed by atoms with Gasteiger partial charge in [0.2, 0.25) is 23.6 Å². The number of amides is 5. The Morgan fingerprint density at radius 1 is 1.00 bits per heavy atom. The number of non-ortho nitro benzene ring substituents is 1. The molecule has 0 unspecified atom stereocenters. The standard InChI is InChI=1S/C24H34N6O8/c1-23(2,3)38-22(35)26-14-19(32)28-24(4,5)21(34)29-12-6-7-17(29)20(33)25-13-18(31)27-15-8-10-16(11-9-15)30(36)37/h8-11,17H,6-7,12-14H2,1-5H3,(H,25,33)(H,26,35)(H,27,31)(H,28,32)/t17-/m0/s1. The molecule has 0 radical (unpaired) electrons. The van der Waals surface area contributed by atoms with E-state index in [-0.39, 0.29) is 12.2 Å². The van der Waals surface area contributed by atoms with Crippen molar-refractivity contribution in [3.8, 4) is 0 Å². The highest BCUT2D eigenvalue weighted by Gasteiger charge is 2.41. The predicted octanol–water partition coefficient (Wildman–Crippen LogP) is 1.06. The number of carbonyl (C=O) groups is 5. The highest BCUT2D eigenvalue weighted by Crippen LogP contribution is 2.22. The van der Waals surface area contributed by atoms with E-state index in [1.165, 1.54) is 43.0 Å². The molecule has 14 nitrogen and oxygen atoms in total. The van der Waals surface area contributed by atoms with Gasteiger partial charge in [0, 0.05) is 24.4 Å². The number of rotatable bonds is 9. The van der Waals surface area contributed by atoms with Crippen LogP contribution in [0.3, 0.4) is 0 Å². The van der Waals surface area contributed by atoms with E-state index in [0.29, 0.717) is 25.1 Å². The van der Waals surface area contributed by atoms with Gasteiger partial charge < -0.3 is 30.9 Å². The molecule has 1 fully saturated rings. The van der Waals surface area contributed by atoms with Crippen molar-refractivity contribution in [1.82, 2.24) is 20.9 Å². The van der Waals surface area contributed by atoms with E-state index in [1.54, 1.807) is 20.8 Å². The van der Waals surface area contributed by atoms with Crippen LogP contribution in [0.4, 0.5) is 16.2 Å². The Kier molecular flexibility index (Phi) is 9.74. The van der Waals surface area contributed by atoms with Crippen LogP contribution in [-0.4, -0.2) is 76.4 Å². The number of ether oxygens (including phenoxy) is 1. The lowest BCUT2D eigenvalue weighted by atomic mass is 10.0. The van der Waals surface area contributed by atoms with Crippen LogP contribution in [0.2, 0.25) is 0 Å². The van der Waals surface area contributed by atoms with Gasteiger partial charge in [0.05, 0.1) is 11.5 Å². The highest BCUT2D eigenvalue weighted by atomic mass is 16.6. The van der Waals surface area contributed by atoms with Crippen molar-refractivity contribution < 1.29 is 33.6 Å². The predicted molar refractivity (Wildman–Crippen MR) is 136 cm³/mol. The minimum Gasteiger partial charge on any atom is -0.444 e. The summed E-state index contributed by atoms with van der Waals surface area (Å²) in [5, 5.41) is 20.6. The SMILES string of the molecule is CC(C)(C)OC(=O)NCC(=O)NC(C)(C)C(=O)N1CCC[C@H]1C(=O)NCC(=O)Nc1ccc([N+](=O)[O-])cc1. The van der Waals surface area contributed by atoms with Gasteiger partial charge in [-0.25, -0.2) is 4.79 Å². The second kappa shape index (κ2) is 12.3. The molecule has 1 aliphatic heterocycles. The van der Waals surface area contributed by atoms with Crippen LogP contribution >= 0.6 is 0 Å². The number of likely N-dealkylation sites (tertiary alicyclic amines) is 1. The van der Waals surface area contributed by atoms with Crippen molar-refractivity contribution in [2.75, 3.05) is 25.0 Å². The molecule has 2 rings (SSSR count). The number of nitrogens with one attached hydrogen (secondary N) is 4. The summed E-state index contributed by atoms with van der Waals surface area (Å²) in [6.07, 6.45) is 0.167. The molecular formula is C24H34N6O8. The average Bonchev–Trinajstić information content (AvgIpc) is 3.29. The van der Waals surface area contributed by atoms with Gasteiger partial charge >= 0.3 is 6.09 Å². The van der Waals surface area contributed by atoms with Gasteiger partial charge in [0.1, 0.15) is 23.7 Å². The van der Waals surface area contributed by atoms with Gasteiger partial charge in [0.15, 0.2) is 0 Å². The zero-order valence-corrected chi connectivity index (χ0v) is 22.1. The normalized spacial score (nSPS) is 15.3. The molecule has 208 valence electrons. The Hall–Kier alpha value is -4.23. The molecule has 5 amide bonds. The zero-order valence-electron chi connectivity index (χ0n) is 22.1. The third-order valence-corrected chi connectivity index (χ3v) is 5.38. The topological polar surface area (TPSA) is 189 Å². The Bertz CT molecular complexity index is 1080. The van der Waals surface area contributed by atoms with Crippen molar-refractivity contribution in [2.24, 2.45) is 0 Å². The van der Waals surface area contributed by atoms with E-state index in [2.05, 4.69) is 21.3 Å². The van der Waals surface area contributed by atoms with Crippen LogP contribution in [0.25, 0.3) is 0 Å². The Morgan fingerprint density at radius 3 is 2.18 bits per heavy atom. The Labute approximate surface area is 220 Å². The lowest BCUT2D eigenvalue weighted by molar-refractivity contribution is -0.384. The van der Waals surface area contributed by atoms with E-state index in [1.807, 2.05) is 0 Å². The lowest BCUT2D eigenvalue weighted by Crippen LogP contribution is -2.60. The van der Waals surface area contributed by atoms with E-state index >= 15 is 0 Å². The molecule has 0 aromatic heterocycles. The van der Waals surface area contributed by atoms with Crippen LogP contribution in [0.5, 0.6) is 0 Å². The molecule has 1 saturated heterocycles. The maximum atomic E-state index is 13.2. The third-order valence-electron chi connectivity index (χ3n) is 5.38. The number of nitro groups is 1. The summed E-state index contributed by atoms with van der Waals surface area (Å²) in [6, 6.07) is 4.39. The monoisotopic (exact) mass is 534 g/mol. The first kappa shape index (κ1) is 30.0. The fourth-order valence-corrected chi connectivity index (χ4v) is 3.71. The first-order valence-electron chi connectivity index (χ1n) is 12.0. The minimum absolute atomic E-state index is 0.124. The van der Waals surface area contributed by atoms with Crippen molar-refractivity contribution in [3.05, 3.63) is 34.4 Å². The number of hydrogen-bond donors (Lipinski definition) is 4. The van der Waals surface area contributed by atoms with Crippen molar-refractivity contribution in [2.45, 2.75) is 64.6 Å². The lowest BCUT2D eigenvalue weighted by Gasteiger charge is -2.33. The molecule has 38 heavy (non-hydrogen) atoms. The zero-order chi connectivity index (χ0) is 28.7. The molecule has 1 aliphatic rings. The molecule has 1 atom stereocenters. The van der Waals surface area contributed by atoms with Crippen LogP contribution in [0.15, 0.2) is 24.3 Å². The summed E-state index contributed by atoms with van der Waals surface area (Å²) in [7, 11) is 0. The van der Waals surface area contributed by atoms with Gasteiger partial charge in [-0.3, -0.25) is 29.3 Å². The molecule has 0 bridgehead atoms. The minimum atomic E-state index is -1.37.